The first-order valence-electron chi connectivity index (χ1n) is 8.07. The summed E-state index contributed by atoms with van der Waals surface area (Å²) in [6, 6.07) is 13.2. The van der Waals surface area contributed by atoms with Gasteiger partial charge in [0.25, 0.3) is 5.91 Å². The number of amides is 1. The van der Waals surface area contributed by atoms with Crippen molar-refractivity contribution in [2.24, 2.45) is 5.92 Å². The number of nitriles is 1. The summed E-state index contributed by atoms with van der Waals surface area (Å²) >= 11 is 0. The molecular formula is C20H23N3O. The number of nitrogens with one attached hydrogen (secondary N) is 1. The summed E-state index contributed by atoms with van der Waals surface area (Å²) in [5, 5.41) is 12.1. The highest BCUT2D eigenvalue weighted by Gasteiger charge is 2.13. The van der Waals surface area contributed by atoms with Gasteiger partial charge in [-0.15, -0.1) is 0 Å². The summed E-state index contributed by atoms with van der Waals surface area (Å²) in [5.74, 6) is 0.140. The molecule has 1 aromatic heterocycles. The predicted octanol–water partition coefficient (Wildman–Crippen LogP) is 4.31. The normalized spacial score (nSPS) is 11.4. The van der Waals surface area contributed by atoms with Crippen molar-refractivity contribution in [3.05, 3.63) is 58.9 Å². The highest BCUT2D eigenvalue weighted by Crippen LogP contribution is 2.20. The maximum absolute atomic E-state index is 12.3. The number of hydrogen-bond donors (Lipinski definition) is 1. The largest absolute Gasteiger partial charge is 0.348 e. The zero-order valence-electron chi connectivity index (χ0n) is 14.6. The lowest BCUT2D eigenvalue weighted by Crippen LogP contribution is -2.13. The number of rotatable bonds is 5. The molecule has 1 heterocycles. The molecule has 0 saturated heterocycles. The first-order valence-corrected chi connectivity index (χ1v) is 8.07. The van der Waals surface area contributed by atoms with Crippen molar-refractivity contribution in [2.45, 2.75) is 34.2 Å². The van der Waals surface area contributed by atoms with E-state index >= 15 is 0 Å². The maximum atomic E-state index is 12.3. The third kappa shape index (κ3) is 4.14. The van der Waals surface area contributed by atoms with Crippen LogP contribution in [-0.2, 0) is 11.3 Å². The van der Waals surface area contributed by atoms with E-state index in [1.807, 2.05) is 44.2 Å². The van der Waals surface area contributed by atoms with Crippen LogP contribution in [0.4, 0.5) is 5.69 Å². The molecule has 0 atom stereocenters. The Morgan fingerprint density at radius 3 is 2.54 bits per heavy atom. The van der Waals surface area contributed by atoms with E-state index in [9.17, 15) is 10.1 Å². The van der Waals surface area contributed by atoms with E-state index in [4.69, 9.17) is 0 Å². The summed E-state index contributed by atoms with van der Waals surface area (Å²) in [5.41, 5.74) is 3.89. The second-order valence-corrected chi connectivity index (χ2v) is 6.32. The number of nitrogens with zero attached hydrogens (tertiary/aromatic N) is 2. The van der Waals surface area contributed by atoms with Gasteiger partial charge in [0.15, 0.2) is 0 Å². The molecule has 0 aliphatic heterocycles. The number of para-hydroxylation sites is 1. The van der Waals surface area contributed by atoms with E-state index in [1.54, 1.807) is 18.2 Å². The summed E-state index contributed by atoms with van der Waals surface area (Å²) in [6.07, 6.45) is 1.66. The Bertz CT molecular complexity index is 792. The molecule has 2 rings (SSSR count). The van der Waals surface area contributed by atoms with Gasteiger partial charge in [-0.2, -0.15) is 5.26 Å². The minimum absolute atomic E-state index is 0.101. The molecule has 4 heteroatoms. The molecule has 0 unspecified atom stereocenters. The van der Waals surface area contributed by atoms with Crippen LogP contribution in [0, 0.1) is 31.1 Å². The molecule has 2 aromatic rings. The van der Waals surface area contributed by atoms with Crippen LogP contribution in [0.3, 0.4) is 0 Å². The van der Waals surface area contributed by atoms with Gasteiger partial charge in [-0.25, -0.2) is 0 Å². The number of aromatic nitrogens is 1. The zero-order chi connectivity index (χ0) is 17.7. The number of aryl methyl sites for hydroxylation is 1. The van der Waals surface area contributed by atoms with Gasteiger partial charge in [0.1, 0.15) is 11.6 Å². The lowest BCUT2D eigenvalue weighted by molar-refractivity contribution is -0.112. The first kappa shape index (κ1) is 17.6. The Labute approximate surface area is 143 Å². The third-order valence-corrected chi connectivity index (χ3v) is 3.86. The fourth-order valence-electron chi connectivity index (χ4n) is 2.64. The fraction of sp³-hybridized carbons (Fsp3) is 0.300. The second-order valence-electron chi connectivity index (χ2n) is 6.32. The third-order valence-electron chi connectivity index (χ3n) is 3.86. The molecule has 0 aliphatic rings. The molecular weight excluding hydrogens is 298 g/mol. The van der Waals surface area contributed by atoms with E-state index in [-0.39, 0.29) is 5.57 Å². The smallest absolute Gasteiger partial charge is 0.266 e. The molecule has 0 saturated carbocycles. The van der Waals surface area contributed by atoms with Crippen molar-refractivity contribution >= 4 is 17.7 Å². The molecule has 4 nitrogen and oxygen atoms in total. The first-order chi connectivity index (χ1) is 11.4. The van der Waals surface area contributed by atoms with Crippen LogP contribution >= 0.6 is 0 Å². The average Bonchev–Trinajstić information content (AvgIpc) is 2.80. The lowest BCUT2D eigenvalue weighted by atomic mass is 10.1. The quantitative estimate of drug-likeness (QED) is 0.659. The predicted molar refractivity (Wildman–Crippen MR) is 97.4 cm³/mol. The van der Waals surface area contributed by atoms with Crippen LogP contribution in [0.2, 0.25) is 0 Å². The molecule has 0 spiro atoms. The van der Waals surface area contributed by atoms with Crippen molar-refractivity contribution in [3.8, 4) is 6.07 Å². The van der Waals surface area contributed by atoms with E-state index in [0.29, 0.717) is 11.6 Å². The summed E-state index contributed by atoms with van der Waals surface area (Å²) in [7, 11) is 0. The molecule has 0 aliphatic carbocycles. The van der Waals surface area contributed by atoms with E-state index in [0.717, 1.165) is 23.5 Å². The Kier molecular flexibility index (Phi) is 5.59. The fourth-order valence-corrected chi connectivity index (χ4v) is 2.64. The number of hydrogen-bond acceptors (Lipinski definition) is 2. The molecule has 0 fully saturated rings. The number of carbonyl (C=O) groups excluding carboxylic acids is 1. The van der Waals surface area contributed by atoms with Gasteiger partial charge < -0.3 is 9.88 Å². The van der Waals surface area contributed by atoms with Crippen LogP contribution < -0.4 is 5.32 Å². The SMILES string of the molecule is Cc1cc(/C=C(\C#N)C(=O)Nc2ccccc2)c(C)n1CC(C)C. The van der Waals surface area contributed by atoms with E-state index in [1.165, 1.54) is 0 Å². The Hall–Kier alpha value is -2.80. The Balaban J connectivity index is 2.28. The summed E-state index contributed by atoms with van der Waals surface area (Å²) < 4.78 is 2.22. The van der Waals surface area contributed by atoms with Crippen molar-refractivity contribution in [2.75, 3.05) is 5.32 Å². The standard InChI is InChI=1S/C20H23N3O/c1-14(2)13-23-15(3)10-17(16(23)4)11-18(12-21)20(24)22-19-8-6-5-7-9-19/h5-11,14H,13H2,1-4H3,(H,22,24)/b18-11+. The molecule has 1 amide bonds. The molecule has 0 bridgehead atoms. The van der Waals surface area contributed by atoms with Gasteiger partial charge in [0, 0.05) is 23.6 Å². The van der Waals surface area contributed by atoms with Crippen LogP contribution in [0.15, 0.2) is 42.0 Å². The monoisotopic (exact) mass is 321 g/mol. The highest BCUT2D eigenvalue weighted by molar-refractivity contribution is 6.09. The minimum atomic E-state index is -0.391. The molecule has 1 aromatic carbocycles. The Morgan fingerprint density at radius 1 is 1.29 bits per heavy atom. The van der Waals surface area contributed by atoms with Crippen LogP contribution in [-0.4, -0.2) is 10.5 Å². The van der Waals surface area contributed by atoms with Crippen molar-refractivity contribution in [1.29, 1.82) is 5.26 Å². The van der Waals surface area contributed by atoms with Gasteiger partial charge in [0.2, 0.25) is 0 Å². The Morgan fingerprint density at radius 2 is 1.96 bits per heavy atom. The van der Waals surface area contributed by atoms with Gasteiger partial charge in [-0.1, -0.05) is 32.0 Å². The van der Waals surface area contributed by atoms with E-state index < -0.39 is 5.91 Å². The van der Waals surface area contributed by atoms with Crippen molar-refractivity contribution in [1.82, 2.24) is 4.57 Å². The highest BCUT2D eigenvalue weighted by atomic mass is 16.1. The van der Waals surface area contributed by atoms with Gasteiger partial charge in [-0.05, 0) is 49.6 Å². The maximum Gasteiger partial charge on any atom is 0.266 e. The number of carbonyl (C=O) groups is 1. The average molecular weight is 321 g/mol. The van der Waals surface area contributed by atoms with Crippen LogP contribution in [0.1, 0.15) is 30.8 Å². The summed E-state index contributed by atoms with van der Waals surface area (Å²) in [4.78, 5) is 12.3. The summed E-state index contributed by atoms with van der Waals surface area (Å²) in [6.45, 7) is 9.32. The van der Waals surface area contributed by atoms with Gasteiger partial charge in [-0.3, -0.25) is 4.79 Å². The number of benzene rings is 1. The zero-order valence-corrected chi connectivity index (χ0v) is 14.6. The van der Waals surface area contributed by atoms with Crippen molar-refractivity contribution in [3.63, 3.8) is 0 Å². The molecule has 0 radical (unpaired) electrons. The van der Waals surface area contributed by atoms with Crippen molar-refractivity contribution < 1.29 is 4.79 Å². The second kappa shape index (κ2) is 7.65. The minimum Gasteiger partial charge on any atom is -0.348 e. The van der Waals surface area contributed by atoms with Gasteiger partial charge >= 0.3 is 0 Å². The molecule has 1 N–H and O–H groups in total. The van der Waals surface area contributed by atoms with Gasteiger partial charge in [0.05, 0.1) is 0 Å². The molecule has 124 valence electrons. The topological polar surface area (TPSA) is 57.8 Å². The lowest BCUT2D eigenvalue weighted by Gasteiger charge is -2.12. The van der Waals surface area contributed by atoms with E-state index in [2.05, 4.69) is 23.7 Å². The molecule has 24 heavy (non-hydrogen) atoms. The number of anilines is 1. The van der Waals surface area contributed by atoms with Crippen LogP contribution in [0.5, 0.6) is 0 Å². The van der Waals surface area contributed by atoms with Crippen LogP contribution in [0.25, 0.3) is 6.08 Å².